The van der Waals surface area contributed by atoms with Crippen molar-refractivity contribution in [2.45, 2.75) is 55.1 Å². The van der Waals surface area contributed by atoms with E-state index in [9.17, 15) is 8.42 Å². The van der Waals surface area contributed by atoms with Gasteiger partial charge in [-0.15, -0.1) is 10.2 Å². The van der Waals surface area contributed by atoms with Gasteiger partial charge in [-0.25, -0.2) is 8.42 Å². The molecule has 3 rings (SSSR count). The third kappa shape index (κ3) is 4.00. The van der Waals surface area contributed by atoms with Crippen molar-refractivity contribution in [1.29, 1.82) is 0 Å². The summed E-state index contributed by atoms with van der Waals surface area (Å²) in [6.45, 7) is 4.26. The molecule has 1 fully saturated rings. The highest BCUT2D eigenvalue weighted by atomic mass is 32.2. The third-order valence-corrected chi connectivity index (χ3v) is 6.86. The molecule has 24 heavy (non-hydrogen) atoms. The lowest BCUT2D eigenvalue weighted by Crippen LogP contribution is -2.08. The van der Waals surface area contributed by atoms with E-state index in [1.807, 2.05) is 6.07 Å². The molecule has 0 bridgehead atoms. The number of aromatic nitrogens is 3. The summed E-state index contributed by atoms with van der Waals surface area (Å²) in [5, 5.41) is 9.57. The molecular formula is C17H23N3O2S2. The van der Waals surface area contributed by atoms with Gasteiger partial charge >= 0.3 is 0 Å². The minimum Gasteiger partial charge on any atom is -0.303 e. The number of hydrogen-bond donors (Lipinski definition) is 0. The molecule has 0 N–H and O–H groups in total. The topological polar surface area (TPSA) is 64.8 Å². The van der Waals surface area contributed by atoms with E-state index >= 15 is 0 Å². The van der Waals surface area contributed by atoms with Crippen LogP contribution >= 0.6 is 11.8 Å². The molecule has 0 aliphatic heterocycles. The van der Waals surface area contributed by atoms with Crippen LogP contribution < -0.4 is 0 Å². The summed E-state index contributed by atoms with van der Waals surface area (Å²) in [4.78, 5) is 0.401. The van der Waals surface area contributed by atoms with Crippen molar-refractivity contribution in [3.63, 3.8) is 0 Å². The zero-order valence-electron chi connectivity index (χ0n) is 14.1. The summed E-state index contributed by atoms with van der Waals surface area (Å²) in [5.74, 6) is 2.29. The van der Waals surface area contributed by atoms with Crippen LogP contribution in [0.4, 0.5) is 0 Å². The average Bonchev–Trinajstić information content (AvgIpc) is 3.31. The highest BCUT2D eigenvalue weighted by Crippen LogP contribution is 2.40. The van der Waals surface area contributed by atoms with Gasteiger partial charge in [0.1, 0.15) is 5.82 Å². The molecule has 1 aromatic carbocycles. The SMILES string of the molecule is CC(C)c1nnc(SCCCS(=O)(=O)c2ccccc2)n1C1CC1. The van der Waals surface area contributed by atoms with Crippen LogP contribution in [-0.2, 0) is 9.84 Å². The highest BCUT2D eigenvalue weighted by Gasteiger charge is 2.30. The molecule has 0 unspecified atom stereocenters. The number of rotatable bonds is 8. The molecular weight excluding hydrogens is 342 g/mol. The van der Waals surface area contributed by atoms with Crippen LogP contribution in [0.2, 0.25) is 0 Å². The predicted octanol–water partition coefficient (Wildman–Crippen LogP) is 3.69. The van der Waals surface area contributed by atoms with Crippen molar-refractivity contribution in [2.24, 2.45) is 0 Å². The minimum atomic E-state index is -3.19. The quantitative estimate of drug-likeness (QED) is 0.527. The molecule has 1 aliphatic carbocycles. The van der Waals surface area contributed by atoms with Crippen LogP contribution in [0.5, 0.6) is 0 Å². The zero-order chi connectivity index (χ0) is 17.2. The first kappa shape index (κ1) is 17.5. The Kier molecular flexibility index (Phi) is 5.30. The van der Waals surface area contributed by atoms with Crippen molar-refractivity contribution >= 4 is 21.6 Å². The van der Waals surface area contributed by atoms with E-state index in [0.717, 1.165) is 16.7 Å². The molecule has 1 aromatic heterocycles. The second kappa shape index (κ2) is 7.27. The Bertz CT molecular complexity index is 781. The lowest BCUT2D eigenvalue weighted by Gasteiger charge is -2.10. The van der Waals surface area contributed by atoms with Crippen LogP contribution in [0, 0.1) is 0 Å². The van der Waals surface area contributed by atoms with Gasteiger partial charge in [-0.1, -0.05) is 43.8 Å². The molecule has 130 valence electrons. The molecule has 7 heteroatoms. The lowest BCUT2D eigenvalue weighted by molar-refractivity contribution is 0.594. The van der Waals surface area contributed by atoms with Crippen LogP contribution in [-0.4, -0.2) is 34.7 Å². The first-order valence-corrected chi connectivity index (χ1v) is 11.0. The van der Waals surface area contributed by atoms with Crippen molar-refractivity contribution in [1.82, 2.24) is 14.8 Å². The fourth-order valence-electron chi connectivity index (χ4n) is 2.61. The Morgan fingerprint density at radius 2 is 1.92 bits per heavy atom. The monoisotopic (exact) mass is 365 g/mol. The average molecular weight is 366 g/mol. The van der Waals surface area contributed by atoms with Gasteiger partial charge in [0, 0.05) is 17.7 Å². The van der Waals surface area contributed by atoms with E-state index in [0.29, 0.717) is 23.3 Å². The van der Waals surface area contributed by atoms with E-state index in [2.05, 4.69) is 28.6 Å². The first-order valence-electron chi connectivity index (χ1n) is 8.34. The van der Waals surface area contributed by atoms with Gasteiger partial charge in [0.25, 0.3) is 0 Å². The maximum Gasteiger partial charge on any atom is 0.191 e. The van der Waals surface area contributed by atoms with Gasteiger partial charge in [0.05, 0.1) is 10.6 Å². The van der Waals surface area contributed by atoms with Crippen molar-refractivity contribution in [2.75, 3.05) is 11.5 Å². The Labute approximate surface area is 147 Å². The molecule has 1 saturated carbocycles. The Balaban J connectivity index is 1.58. The molecule has 5 nitrogen and oxygen atoms in total. The lowest BCUT2D eigenvalue weighted by atomic mass is 10.2. The van der Waals surface area contributed by atoms with E-state index in [1.54, 1.807) is 36.0 Å². The number of benzene rings is 1. The van der Waals surface area contributed by atoms with Crippen LogP contribution in [0.15, 0.2) is 40.4 Å². The summed E-state index contributed by atoms with van der Waals surface area (Å²) in [6.07, 6.45) is 2.98. The van der Waals surface area contributed by atoms with Crippen LogP contribution in [0.25, 0.3) is 0 Å². The number of thioether (sulfide) groups is 1. The van der Waals surface area contributed by atoms with Crippen LogP contribution in [0.1, 0.15) is 50.9 Å². The molecule has 1 aliphatic rings. The fourth-order valence-corrected chi connectivity index (χ4v) is 5.08. The fraction of sp³-hybridized carbons (Fsp3) is 0.529. The summed E-state index contributed by atoms with van der Waals surface area (Å²) in [6, 6.07) is 9.18. The highest BCUT2D eigenvalue weighted by molar-refractivity contribution is 7.99. The van der Waals surface area contributed by atoms with E-state index in [1.165, 1.54) is 12.8 Å². The number of nitrogens with zero attached hydrogens (tertiary/aromatic N) is 3. The molecule has 0 atom stereocenters. The van der Waals surface area contributed by atoms with E-state index < -0.39 is 9.84 Å². The van der Waals surface area contributed by atoms with Gasteiger partial charge in [-0.05, 0) is 31.4 Å². The normalized spacial score (nSPS) is 15.1. The van der Waals surface area contributed by atoms with Crippen LogP contribution in [0.3, 0.4) is 0 Å². The standard InChI is InChI=1S/C17H23N3O2S2/c1-13(2)16-18-19-17(20(16)14-9-10-14)23-11-6-12-24(21,22)15-7-4-3-5-8-15/h3-5,7-8,13-14H,6,9-12H2,1-2H3. The molecule has 1 heterocycles. The largest absolute Gasteiger partial charge is 0.303 e. The first-order chi connectivity index (χ1) is 11.5. The Hall–Kier alpha value is -1.34. The molecule has 0 spiro atoms. The Morgan fingerprint density at radius 3 is 2.54 bits per heavy atom. The number of sulfone groups is 1. The summed E-state index contributed by atoms with van der Waals surface area (Å²) < 4.78 is 26.8. The second-order valence-electron chi connectivity index (χ2n) is 6.43. The van der Waals surface area contributed by atoms with Crippen molar-refractivity contribution in [3.8, 4) is 0 Å². The van der Waals surface area contributed by atoms with Crippen molar-refractivity contribution in [3.05, 3.63) is 36.2 Å². The Morgan fingerprint density at radius 1 is 1.21 bits per heavy atom. The van der Waals surface area contributed by atoms with E-state index in [4.69, 9.17) is 0 Å². The smallest absolute Gasteiger partial charge is 0.191 e. The summed E-state index contributed by atoms with van der Waals surface area (Å²) >= 11 is 1.61. The van der Waals surface area contributed by atoms with E-state index in [-0.39, 0.29) is 5.75 Å². The van der Waals surface area contributed by atoms with Gasteiger partial charge in [-0.2, -0.15) is 0 Å². The van der Waals surface area contributed by atoms with Gasteiger partial charge in [-0.3, -0.25) is 0 Å². The number of hydrogen-bond acceptors (Lipinski definition) is 5. The van der Waals surface area contributed by atoms with Gasteiger partial charge < -0.3 is 4.57 Å². The van der Waals surface area contributed by atoms with Crippen molar-refractivity contribution < 1.29 is 8.42 Å². The molecule has 0 amide bonds. The van der Waals surface area contributed by atoms with Gasteiger partial charge in [0.2, 0.25) is 0 Å². The van der Waals surface area contributed by atoms with Gasteiger partial charge in [0.15, 0.2) is 15.0 Å². The maximum absolute atomic E-state index is 12.3. The maximum atomic E-state index is 12.3. The second-order valence-corrected chi connectivity index (χ2v) is 9.60. The molecule has 0 saturated heterocycles. The summed E-state index contributed by atoms with van der Waals surface area (Å²) in [5.41, 5.74) is 0. The molecule has 2 aromatic rings. The zero-order valence-corrected chi connectivity index (χ0v) is 15.7. The minimum absolute atomic E-state index is 0.165. The molecule has 0 radical (unpaired) electrons. The summed E-state index contributed by atoms with van der Waals surface area (Å²) in [7, 11) is -3.19. The predicted molar refractivity (Wildman–Crippen MR) is 96.2 cm³/mol. The third-order valence-electron chi connectivity index (χ3n) is 4.01.